The van der Waals surface area contributed by atoms with Crippen molar-refractivity contribution in [1.82, 2.24) is 19.4 Å². The molecule has 176 valence electrons. The van der Waals surface area contributed by atoms with E-state index in [1.54, 1.807) is 18.2 Å². The Labute approximate surface area is 196 Å². The van der Waals surface area contributed by atoms with E-state index < -0.39 is 5.69 Å². The van der Waals surface area contributed by atoms with Gasteiger partial charge in [-0.1, -0.05) is 11.6 Å². The summed E-state index contributed by atoms with van der Waals surface area (Å²) < 4.78 is 1.27. The second-order valence-corrected chi connectivity index (χ2v) is 10.1. The van der Waals surface area contributed by atoms with Gasteiger partial charge in [-0.3, -0.25) is 19.0 Å². The van der Waals surface area contributed by atoms with Crippen LogP contribution in [0.15, 0.2) is 27.8 Å². The van der Waals surface area contributed by atoms with Crippen LogP contribution < -0.4 is 11.2 Å². The van der Waals surface area contributed by atoms with Gasteiger partial charge >= 0.3 is 5.69 Å². The third kappa shape index (κ3) is 4.58. The predicted molar refractivity (Wildman–Crippen MR) is 125 cm³/mol. The molecule has 0 atom stereocenters. The van der Waals surface area contributed by atoms with Gasteiger partial charge in [-0.15, -0.1) is 0 Å². The molecule has 0 unspecified atom stereocenters. The van der Waals surface area contributed by atoms with E-state index in [9.17, 15) is 19.2 Å². The highest BCUT2D eigenvalue weighted by molar-refractivity contribution is 6.31. The molecule has 1 aromatic carbocycles. The molecular formula is C24H29ClN4O4. The maximum atomic E-state index is 13.0. The van der Waals surface area contributed by atoms with Crippen molar-refractivity contribution in [1.29, 1.82) is 0 Å². The van der Waals surface area contributed by atoms with Gasteiger partial charge < -0.3 is 14.8 Å². The molecule has 1 saturated heterocycles. The number of fused-ring (bicyclic) bond motifs is 1. The van der Waals surface area contributed by atoms with Crippen LogP contribution in [0.25, 0.3) is 10.9 Å². The summed E-state index contributed by atoms with van der Waals surface area (Å²) in [4.78, 5) is 57.2. The van der Waals surface area contributed by atoms with Crippen LogP contribution in [-0.4, -0.2) is 57.3 Å². The van der Waals surface area contributed by atoms with Crippen LogP contribution in [0.3, 0.4) is 0 Å². The lowest BCUT2D eigenvalue weighted by Gasteiger charge is -2.38. The number of piperazine rings is 1. The predicted octanol–water partition coefficient (Wildman–Crippen LogP) is 2.23. The fourth-order valence-electron chi connectivity index (χ4n) is 5.23. The smallest absolute Gasteiger partial charge is 0.328 e. The number of benzene rings is 1. The Morgan fingerprint density at radius 3 is 1.97 bits per heavy atom. The Balaban J connectivity index is 1.17. The first-order chi connectivity index (χ1) is 15.9. The lowest BCUT2D eigenvalue weighted by Crippen LogP contribution is -2.52. The van der Waals surface area contributed by atoms with Crippen molar-refractivity contribution in [3.8, 4) is 0 Å². The van der Waals surface area contributed by atoms with Crippen molar-refractivity contribution < 1.29 is 9.59 Å². The molecule has 2 aromatic rings. The molecule has 3 aliphatic rings. The zero-order valence-electron chi connectivity index (χ0n) is 18.6. The zero-order chi connectivity index (χ0) is 23.1. The van der Waals surface area contributed by atoms with E-state index in [0.717, 1.165) is 38.5 Å². The van der Waals surface area contributed by atoms with Gasteiger partial charge in [0.05, 0.1) is 10.9 Å². The number of hydrogen-bond acceptors (Lipinski definition) is 4. The highest BCUT2D eigenvalue weighted by atomic mass is 35.5. The summed E-state index contributed by atoms with van der Waals surface area (Å²) in [6.45, 7) is 2.84. The minimum absolute atomic E-state index is 0.0163. The molecule has 0 spiro atoms. The third-order valence-electron chi connectivity index (χ3n) is 7.41. The van der Waals surface area contributed by atoms with E-state index in [1.807, 2.05) is 9.80 Å². The zero-order valence-corrected chi connectivity index (χ0v) is 19.4. The molecule has 2 saturated carbocycles. The summed E-state index contributed by atoms with van der Waals surface area (Å²) in [6, 6.07) is 4.87. The van der Waals surface area contributed by atoms with Crippen molar-refractivity contribution >= 4 is 34.3 Å². The van der Waals surface area contributed by atoms with E-state index in [4.69, 9.17) is 11.6 Å². The number of nitrogens with one attached hydrogen (secondary N) is 1. The number of halogens is 1. The molecular weight excluding hydrogens is 444 g/mol. The molecule has 9 heteroatoms. The molecule has 33 heavy (non-hydrogen) atoms. The van der Waals surface area contributed by atoms with Crippen molar-refractivity contribution in [2.45, 2.75) is 45.1 Å². The van der Waals surface area contributed by atoms with Gasteiger partial charge in [-0.25, -0.2) is 4.79 Å². The highest BCUT2D eigenvalue weighted by Crippen LogP contribution is 2.33. The number of carbonyl (C=O) groups is 2. The average Bonchev–Trinajstić information content (AvgIpc) is 3.68. The summed E-state index contributed by atoms with van der Waals surface area (Å²) in [6.07, 6.45) is 5.14. The minimum atomic E-state index is -0.411. The monoisotopic (exact) mass is 472 g/mol. The SMILES string of the molecule is O=C(C1CC1)N1CCN(C(=O)[C@H]2CC[C@H](Cn3c(=O)[nH]c4ccc(Cl)cc4c3=O)CC2)CC1. The van der Waals surface area contributed by atoms with E-state index in [-0.39, 0.29) is 35.1 Å². The van der Waals surface area contributed by atoms with Crippen LogP contribution in [0.2, 0.25) is 5.02 Å². The van der Waals surface area contributed by atoms with Gasteiger partial charge in [0.2, 0.25) is 11.8 Å². The fourth-order valence-corrected chi connectivity index (χ4v) is 5.40. The number of hydrogen-bond donors (Lipinski definition) is 1. The van der Waals surface area contributed by atoms with E-state index in [2.05, 4.69) is 4.98 Å². The molecule has 2 aliphatic carbocycles. The number of aromatic nitrogens is 2. The van der Waals surface area contributed by atoms with Gasteiger partial charge in [-0.2, -0.15) is 0 Å². The Morgan fingerprint density at radius 1 is 0.879 bits per heavy atom. The molecule has 0 radical (unpaired) electrons. The number of aromatic amines is 1. The summed E-state index contributed by atoms with van der Waals surface area (Å²) >= 11 is 6.03. The molecule has 5 rings (SSSR count). The van der Waals surface area contributed by atoms with Gasteiger partial charge in [0.1, 0.15) is 0 Å². The molecule has 1 N–H and O–H groups in total. The van der Waals surface area contributed by atoms with Crippen molar-refractivity contribution in [3.05, 3.63) is 44.1 Å². The summed E-state index contributed by atoms with van der Waals surface area (Å²) in [5.74, 6) is 0.822. The van der Waals surface area contributed by atoms with Crippen molar-refractivity contribution in [2.75, 3.05) is 26.2 Å². The molecule has 1 aliphatic heterocycles. The lowest BCUT2D eigenvalue weighted by molar-refractivity contribution is -0.143. The Morgan fingerprint density at radius 2 is 1.42 bits per heavy atom. The first-order valence-corrected chi connectivity index (χ1v) is 12.3. The van der Waals surface area contributed by atoms with Crippen LogP contribution in [0, 0.1) is 17.8 Å². The maximum absolute atomic E-state index is 13.0. The van der Waals surface area contributed by atoms with Crippen molar-refractivity contribution in [3.63, 3.8) is 0 Å². The lowest BCUT2D eigenvalue weighted by atomic mass is 9.81. The normalized spacial score (nSPS) is 23.7. The number of nitrogens with zero attached hydrogens (tertiary/aromatic N) is 3. The van der Waals surface area contributed by atoms with Gasteiger partial charge in [-0.05, 0) is 62.6 Å². The Hall–Kier alpha value is -2.61. The third-order valence-corrected chi connectivity index (χ3v) is 7.65. The van der Waals surface area contributed by atoms with Crippen LogP contribution in [0.5, 0.6) is 0 Å². The minimum Gasteiger partial charge on any atom is -0.339 e. The summed E-state index contributed by atoms with van der Waals surface area (Å²) in [5, 5.41) is 0.861. The van der Waals surface area contributed by atoms with E-state index in [1.165, 1.54) is 4.57 Å². The standard InChI is InChI=1S/C24H29ClN4O4/c25-18-7-8-20-19(13-18)23(32)29(24(33)26-20)14-15-1-3-16(4-2-15)21(30)27-9-11-28(12-10-27)22(31)17-5-6-17/h7-8,13,15-17H,1-6,9-12,14H2,(H,26,33)/t15-,16-. The molecule has 0 bridgehead atoms. The first kappa shape index (κ1) is 22.2. The van der Waals surface area contributed by atoms with Crippen LogP contribution in [0.4, 0.5) is 0 Å². The summed E-state index contributed by atoms with van der Waals surface area (Å²) in [5.41, 5.74) is -0.251. The molecule has 2 amide bonds. The van der Waals surface area contributed by atoms with Crippen LogP contribution >= 0.6 is 11.6 Å². The fraction of sp³-hybridized carbons (Fsp3) is 0.583. The van der Waals surface area contributed by atoms with Gasteiger partial charge in [0, 0.05) is 49.6 Å². The number of H-pyrrole nitrogens is 1. The second kappa shape index (κ2) is 8.97. The molecule has 3 fully saturated rings. The number of carbonyl (C=O) groups excluding carboxylic acids is 2. The van der Waals surface area contributed by atoms with E-state index in [0.29, 0.717) is 48.6 Å². The van der Waals surface area contributed by atoms with Crippen molar-refractivity contribution in [2.24, 2.45) is 17.8 Å². The molecule has 1 aromatic heterocycles. The van der Waals surface area contributed by atoms with E-state index >= 15 is 0 Å². The Kier molecular flexibility index (Phi) is 6.03. The topological polar surface area (TPSA) is 95.5 Å². The summed E-state index contributed by atoms with van der Waals surface area (Å²) in [7, 11) is 0. The van der Waals surface area contributed by atoms with Crippen LogP contribution in [0.1, 0.15) is 38.5 Å². The average molecular weight is 473 g/mol. The maximum Gasteiger partial charge on any atom is 0.328 e. The van der Waals surface area contributed by atoms with Crippen LogP contribution in [-0.2, 0) is 16.1 Å². The number of rotatable bonds is 4. The second-order valence-electron chi connectivity index (χ2n) is 9.68. The quantitative estimate of drug-likeness (QED) is 0.738. The molecule has 2 heterocycles. The van der Waals surface area contributed by atoms with Gasteiger partial charge in [0.15, 0.2) is 0 Å². The first-order valence-electron chi connectivity index (χ1n) is 11.9. The molecule has 8 nitrogen and oxygen atoms in total. The van der Waals surface area contributed by atoms with Gasteiger partial charge in [0.25, 0.3) is 5.56 Å². The Bertz CT molecular complexity index is 1190. The number of amides is 2. The largest absolute Gasteiger partial charge is 0.339 e. The highest BCUT2D eigenvalue weighted by Gasteiger charge is 2.36.